The predicted molar refractivity (Wildman–Crippen MR) is 85.9 cm³/mol. The highest BCUT2D eigenvalue weighted by Gasteiger charge is 2.03. The van der Waals surface area contributed by atoms with Gasteiger partial charge in [0.25, 0.3) is 0 Å². The Kier molecular flexibility index (Phi) is 5.91. The van der Waals surface area contributed by atoms with Crippen LogP contribution >= 0.6 is 27.5 Å². The number of benzene rings is 2. The van der Waals surface area contributed by atoms with Gasteiger partial charge in [0.2, 0.25) is 0 Å². The summed E-state index contributed by atoms with van der Waals surface area (Å²) in [6.45, 7) is 0.967. The van der Waals surface area contributed by atoms with Gasteiger partial charge in [0, 0.05) is 10.9 Å². The minimum Gasteiger partial charge on any atom is -0.492 e. The zero-order valence-electron chi connectivity index (χ0n) is 11.2. The first kappa shape index (κ1) is 15.7. The molecule has 0 unspecified atom stereocenters. The monoisotopic (exact) mass is 365 g/mol. The number of hydrogen-bond donors (Lipinski definition) is 0. The van der Waals surface area contributed by atoms with E-state index in [9.17, 15) is 0 Å². The highest BCUT2D eigenvalue weighted by Crippen LogP contribution is 2.28. The molecule has 2 rings (SSSR count). The van der Waals surface area contributed by atoms with Crippen molar-refractivity contribution >= 4 is 27.5 Å². The third kappa shape index (κ3) is 4.66. The highest BCUT2D eigenvalue weighted by molar-refractivity contribution is 9.10. The van der Waals surface area contributed by atoms with Crippen LogP contribution in [0.1, 0.15) is 12.0 Å². The molecule has 108 valence electrons. The van der Waals surface area contributed by atoms with Crippen molar-refractivity contribution in [2.24, 2.45) is 0 Å². The molecule has 0 N–H and O–H groups in total. The third-order valence-electron chi connectivity index (χ3n) is 2.70. The standard InChI is InChI=1S/C16H13BrClNO2/c17-13-6-7-14(18)16(10-13)21-9-3-8-20-15-5-2-1-4-12(15)11-19/h1-2,4-7,10H,3,8-9H2. The van der Waals surface area contributed by atoms with Gasteiger partial charge in [-0.1, -0.05) is 39.7 Å². The second-order valence-corrected chi connectivity index (χ2v) is 5.56. The molecule has 0 aromatic heterocycles. The topological polar surface area (TPSA) is 42.2 Å². The molecule has 0 heterocycles. The van der Waals surface area contributed by atoms with Crippen LogP contribution in [0.3, 0.4) is 0 Å². The Morgan fingerprint density at radius 1 is 1.05 bits per heavy atom. The van der Waals surface area contributed by atoms with Crippen LogP contribution in [-0.4, -0.2) is 13.2 Å². The van der Waals surface area contributed by atoms with Crippen LogP contribution in [-0.2, 0) is 0 Å². The lowest BCUT2D eigenvalue weighted by atomic mass is 10.2. The molecule has 0 amide bonds. The summed E-state index contributed by atoms with van der Waals surface area (Å²) < 4.78 is 12.1. The van der Waals surface area contributed by atoms with Crippen LogP contribution in [0.5, 0.6) is 11.5 Å². The average molecular weight is 367 g/mol. The number of ether oxygens (including phenoxy) is 2. The normalized spacial score (nSPS) is 9.95. The van der Waals surface area contributed by atoms with Crippen molar-refractivity contribution in [1.82, 2.24) is 0 Å². The Hall–Kier alpha value is -1.70. The van der Waals surface area contributed by atoms with Crippen molar-refractivity contribution in [2.45, 2.75) is 6.42 Å². The maximum Gasteiger partial charge on any atom is 0.139 e. The van der Waals surface area contributed by atoms with Gasteiger partial charge in [-0.3, -0.25) is 0 Å². The lowest BCUT2D eigenvalue weighted by Gasteiger charge is -2.10. The fourth-order valence-electron chi connectivity index (χ4n) is 1.70. The van der Waals surface area contributed by atoms with Crippen LogP contribution in [0.2, 0.25) is 5.02 Å². The number of rotatable bonds is 6. The molecule has 21 heavy (non-hydrogen) atoms. The molecule has 0 spiro atoms. The molecule has 5 heteroatoms. The molecular formula is C16H13BrClNO2. The minimum absolute atomic E-state index is 0.477. The van der Waals surface area contributed by atoms with Gasteiger partial charge in [-0.25, -0.2) is 0 Å². The van der Waals surface area contributed by atoms with E-state index in [4.69, 9.17) is 26.3 Å². The zero-order valence-corrected chi connectivity index (χ0v) is 13.5. The maximum absolute atomic E-state index is 8.95. The molecule has 2 aromatic carbocycles. The maximum atomic E-state index is 8.95. The first-order valence-electron chi connectivity index (χ1n) is 6.40. The van der Waals surface area contributed by atoms with E-state index in [-0.39, 0.29) is 0 Å². The highest BCUT2D eigenvalue weighted by atomic mass is 79.9. The van der Waals surface area contributed by atoms with Gasteiger partial charge in [0.1, 0.15) is 17.6 Å². The van der Waals surface area contributed by atoms with Crippen molar-refractivity contribution in [3.8, 4) is 17.6 Å². The molecule has 2 aromatic rings. The Bertz CT molecular complexity index is 655. The third-order valence-corrected chi connectivity index (χ3v) is 3.51. The minimum atomic E-state index is 0.477. The van der Waals surface area contributed by atoms with Gasteiger partial charge in [-0.2, -0.15) is 5.26 Å². The second kappa shape index (κ2) is 7.92. The summed E-state index contributed by atoms with van der Waals surface area (Å²) in [5.74, 6) is 1.24. The van der Waals surface area contributed by atoms with Crippen LogP contribution in [0.4, 0.5) is 0 Å². The van der Waals surface area contributed by atoms with Crippen molar-refractivity contribution in [2.75, 3.05) is 13.2 Å². The van der Waals surface area contributed by atoms with Crippen LogP contribution in [0.25, 0.3) is 0 Å². The summed E-state index contributed by atoms with van der Waals surface area (Å²) in [6, 6.07) is 14.7. The van der Waals surface area contributed by atoms with Crippen LogP contribution in [0.15, 0.2) is 46.9 Å². The van der Waals surface area contributed by atoms with Crippen molar-refractivity contribution in [1.29, 1.82) is 5.26 Å². The van der Waals surface area contributed by atoms with E-state index in [1.54, 1.807) is 18.2 Å². The van der Waals surface area contributed by atoms with Crippen LogP contribution in [0, 0.1) is 11.3 Å². The van der Waals surface area contributed by atoms with E-state index in [0.29, 0.717) is 41.7 Å². The Morgan fingerprint density at radius 3 is 2.52 bits per heavy atom. The predicted octanol–water partition coefficient (Wildman–Crippen LogP) is 4.82. The number of nitriles is 1. The largest absolute Gasteiger partial charge is 0.492 e. The van der Waals surface area contributed by atoms with Crippen molar-refractivity contribution in [3.63, 3.8) is 0 Å². The van der Waals surface area contributed by atoms with Gasteiger partial charge >= 0.3 is 0 Å². The Morgan fingerprint density at radius 2 is 1.76 bits per heavy atom. The molecular weight excluding hydrogens is 354 g/mol. The summed E-state index contributed by atoms with van der Waals surface area (Å²) in [5.41, 5.74) is 0.536. The molecule has 3 nitrogen and oxygen atoms in total. The summed E-state index contributed by atoms with van der Waals surface area (Å²) >= 11 is 9.40. The van der Waals surface area contributed by atoms with Gasteiger partial charge < -0.3 is 9.47 Å². The molecule has 0 radical (unpaired) electrons. The molecule has 0 aliphatic rings. The lowest BCUT2D eigenvalue weighted by molar-refractivity contribution is 0.247. The van der Waals surface area contributed by atoms with Crippen molar-refractivity contribution in [3.05, 3.63) is 57.5 Å². The SMILES string of the molecule is N#Cc1ccccc1OCCCOc1cc(Br)ccc1Cl. The quantitative estimate of drug-likeness (QED) is 0.688. The summed E-state index contributed by atoms with van der Waals surface area (Å²) in [7, 11) is 0. The van der Waals surface area contributed by atoms with E-state index in [2.05, 4.69) is 22.0 Å². The smallest absolute Gasteiger partial charge is 0.139 e. The molecule has 0 fully saturated rings. The van der Waals surface area contributed by atoms with E-state index in [1.807, 2.05) is 24.3 Å². The van der Waals surface area contributed by atoms with E-state index < -0.39 is 0 Å². The molecule has 0 atom stereocenters. The first-order chi connectivity index (χ1) is 10.2. The molecule has 0 bridgehead atoms. The summed E-state index contributed by atoms with van der Waals surface area (Å²) in [6.07, 6.45) is 0.697. The number of para-hydroxylation sites is 1. The summed E-state index contributed by atoms with van der Waals surface area (Å²) in [5, 5.41) is 9.53. The molecule has 0 saturated carbocycles. The van der Waals surface area contributed by atoms with E-state index >= 15 is 0 Å². The lowest BCUT2D eigenvalue weighted by Crippen LogP contribution is -2.06. The number of hydrogen-bond acceptors (Lipinski definition) is 3. The molecule has 0 aliphatic carbocycles. The van der Waals surface area contributed by atoms with Gasteiger partial charge in [-0.05, 0) is 30.3 Å². The Balaban J connectivity index is 1.78. The van der Waals surface area contributed by atoms with Gasteiger partial charge in [0.05, 0.1) is 23.8 Å². The molecule has 0 aliphatic heterocycles. The number of nitrogens with zero attached hydrogens (tertiary/aromatic N) is 1. The summed E-state index contributed by atoms with van der Waals surface area (Å²) in [4.78, 5) is 0. The fourth-order valence-corrected chi connectivity index (χ4v) is 2.21. The molecule has 0 saturated heterocycles. The van der Waals surface area contributed by atoms with Crippen molar-refractivity contribution < 1.29 is 9.47 Å². The van der Waals surface area contributed by atoms with Gasteiger partial charge in [-0.15, -0.1) is 0 Å². The Labute approximate surface area is 137 Å². The fraction of sp³-hybridized carbons (Fsp3) is 0.188. The number of halogens is 2. The van der Waals surface area contributed by atoms with E-state index in [0.717, 1.165) is 4.47 Å². The average Bonchev–Trinajstić information content (AvgIpc) is 2.50. The zero-order chi connectivity index (χ0) is 15.1. The van der Waals surface area contributed by atoms with Gasteiger partial charge in [0.15, 0.2) is 0 Å². The van der Waals surface area contributed by atoms with Crippen LogP contribution < -0.4 is 9.47 Å². The second-order valence-electron chi connectivity index (χ2n) is 4.23. The van der Waals surface area contributed by atoms with E-state index in [1.165, 1.54) is 0 Å². The first-order valence-corrected chi connectivity index (χ1v) is 7.57.